The SMILES string of the molecule is [CH2]CC[Si](O[Si](O[Si](O[Si](c1ccccc1)(c1ccccc1)c1ccccc1)(c1ccccc1)c1ccccc1)(c1ccccc1)c1ccccc1)(c1ccccc1)c1ccccc1. The van der Waals surface area contributed by atoms with Crippen molar-refractivity contribution in [3.05, 3.63) is 280 Å². The Morgan fingerprint density at radius 1 is 0.250 bits per heavy atom. The molecule has 3 nitrogen and oxygen atoms in total. The summed E-state index contributed by atoms with van der Waals surface area (Å²) in [5.41, 5.74) is 0. The maximum Gasteiger partial charge on any atom is 0.389 e. The van der Waals surface area contributed by atoms with Gasteiger partial charge in [-0.25, -0.2) is 0 Å². The van der Waals surface area contributed by atoms with Gasteiger partial charge in [-0.1, -0.05) is 286 Å². The van der Waals surface area contributed by atoms with Crippen LogP contribution in [0.1, 0.15) is 6.42 Å². The van der Waals surface area contributed by atoms with Gasteiger partial charge in [-0.05, 0) is 52.7 Å². The molecule has 313 valence electrons. The van der Waals surface area contributed by atoms with Gasteiger partial charge in [0.2, 0.25) is 8.32 Å². The zero-order chi connectivity index (χ0) is 43.6. The lowest BCUT2D eigenvalue weighted by Crippen LogP contribution is -2.83. The molecule has 0 spiro atoms. The van der Waals surface area contributed by atoms with Crippen LogP contribution in [-0.4, -0.2) is 33.8 Å². The van der Waals surface area contributed by atoms with Crippen LogP contribution in [0.25, 0.3) is 0 Å². The van der Waals surface area contributed by atoms with E-state index >= 15 is 0 Å². The summed E-state index contributed by atoms with van der Waals surface area (Å²) in [6.07, 6.45) is 0.673. The highest BCUT2D eigenvalue weighted by Gasteiger charge is 2.61. The van der Waals surface area contributed by atoms with E-state index in [-0.39, 0.29) is 0 Å². The third-order valence-corrected chi connectivity index (χ3v) is 30.7. The summed E-state index contributed by atoms with van der Waals surface area (Å²) in [6.45, 7) is 4.53. The highest BCUT2D eigenvalue weighted by atomic mass is 28.5. The highest BCUT2D eigenvalue weighted by molar-refractivity contribution is 7.16. The lowest BCUT2D eigenvalue weighted by atomic mass is 10.3. The standard InChI is InChI=1S/C57H51O3Si4/c1-2-48-61(49-30-12-3-13-31-49,50-32-14-4-15-33-50)58-63(54-40-22-8-23-41-54,55-42-24-9-25-43-55)60-64(56-44-26-10-27-45-56,57-46-28-11-29-47-57)59-62(51-34-16-5-17-35-51,52-36-18-6-19-37-52)53-38-20-7-21-39-53/h3-47H,1-2,48H2. The summed E-state index contributed by atoms with van der Waals surface area (Å²) >= 11 is 0. The first-order chi connectivity index (χ1) is 31.6. The van der Waals surface area contributed by atoms with E-state index in [9.17, 15) is 0 Å². The fraction of sp³-hybridized carbons (Fsp3) is 0.0351. The van der Waals surface area contributed by atoms with Gasteiger partial charge >= 0.3 is 17.1 Å². The third-order valence-electron chi connectivity index (χ3n) is 12.1. The lowest BCUT2D eigenvalue weighted by molar-refractivity contribution is 0.360. The molecule has 9 aromatic rings. The van der Waals surface area contributed by atoms with Crippen LogP contribution in [0.5, 0.6) is 0 Å². The van der Waals surface area contributed by atoms with Gasteiger partial charge in [-0.3, -0.25) is 0 Å². The van der Waals surface area contributed by atoms with Crippen molar-refractivity contribution in [1.29, 1.82) is 0 Å². The van der Waals surface area contributed by atoms with Gasteiger partial charge in [0, 0.05) is 0 Å². The van der Waals surface area contributed by atoms with E-state index in [2.05, 4.69) is 280 Å². The van der Waals surface area contributed by atoms with Gasteiger partial charge in [0.25, 0.3) is 8.32 Å². The maximum absolute atomic E-state index is 8.82. The molecule has 0 atom stereocenters. The van der Waals surface area contributed by atoms with Crippen LogP contribution in [-0.2, 0) is 12.3 Å². The molecule has 9 rings (SSSR count). The molecule has 0 aliphatic carbocycles. The fourth-order valence-electron chi connectivity index (χ4n) is 9.12. The predicted molar refractivity (Wildman–Crippen MR) is 276 cm³/mol. The van der Waals surface area contributed by atoms with Crippen molar-refractivity contribution >= 4 is 80.4 Å². The van der Waals surface area contributed by atoms with Gasteiger partial charge in [0.15, 0.2) is 0 Å². The summed E-state index contributed by atoms with van der Waals surface area (Å²) in [4.78, 5) is 0. The first-order valence-corrected chi connectivity index (χ1v) is 29.7. The second-order valence-corrected chi connectivity index (χ2v) is 29.6. The molecule has 0 saturated carbocycles. The van der Waals surface area contributed by atoms with Crippen molar-refractivity contribution in [2.45, 2.75) is 12.5 Å². The second-order valence-electron chi connectivity index (χ2n) is 15.9. The van der Waals surface area contributed by atoms with E-state index in [1.54, 1.807) is 0 Å². The van der Waals surface area contributed by atoms with Gasteiger partial charge in [-0.2, -0.15) is 0 Å². The van der Waals surface area contributed by atoms with Crippen LogP contribution in [0.15, 0.2) is 273 Å². The summed E-state index contributed by atoms with van der Waals surface area (Å²) < 4.78 is 26.2. The quantitative estimate of drug-likeness (QED) is 0.0716. The molecule has 0 fully saturated rings. The molecular formula is C57H51O3Si4. The number of benzene rings is 9. The van der Waals surface area contributed by atoms with Crippen LogP contribution in [0.3, 0.4) is 0 Å². The van der Waals surface area contributed by atoms with Crippen molar-refractivity contribution < 1.29 is 12.3 Å². The largest absolute Gasteiger partial charge is 0.422 e. The Balaban J connectivity index is 1.44. The molecule has 0 saturated heterocycles. The molecule has 0 aromatic heterocycles. The number of hydrogen-bond acceptors (Lipinski definition) is 3. The Bertz CT molecular complexity index is 2570. The van der Waals surface area contributed by atoms with E-state index < -0.39 is 33.8 Å². The third kappa shape index (κ3) is 8.31. The van der Waals surface area contributed by atoms with Crippen molar-refractivity contribution in [2.75, 3.05) is 0 Å². The first-order valence-electron chi connectivity index (χ1n) is 22.0. The van der Waals surface area contributed by atoms with Gasteiger partial charge in [0.05, 0.1) is 0 Å². The first kappa shape index (κ1) is 43.0. The Morgan fingerprint density at radius 2 is 0.469 bits per heavy atom. The molecule has 0 N–H and O–H groups in total. The smallest absolute Gasteiger partial charge is 0.389 e. The van der Waals surface area contributed by atoms with Crippen molar-refractivity contribution in [1.82, 2.24) is 0 Å². The molecule has 64 heavy (non-hydrogen) atoms. The van der Waals surface area contributed by atoms with Crippen molar-refractivity contribution in [3.8, 4) is 0 Å². The van der Waals surface area contributed by atoms with E-state index in [1.165, 1.54) is 10.4 Å². The molecule has 0 aliphatic heterocycles. The van der Waals surface area contributed by atoms with Crippen LogP contribution >= 0.6 is 0 Å². The van der Waals surface area contributed by atoms with Crippen LogP contribution in [0, 0.1) is 6.92 Å². The minimum Gasteiger partial charge on any atom is -0.422 e. The molecule has 0 heterocycles. The summed E-state index contributed by atoms with van der Waals surface area (Å²) in [5, 5.41) is 9.73. The minimum atomic E-state index is -4.05. The molecular weight excluding hydrogens is 845 g/mol. The summed E-state index contributed by atoms with van der Waals surface area (Å²) in [6, 6.07) is 98.0. The maximum atomic E-state index is 8.82. The lowest BCUT2D eigenvalue weighted by Gasteiger charge is -2.49. The van der Waals surface area contributed by atoms with Gasteiger partial charge in [-0.15, -0.1) is 0 Å². The molecule has 1 radical (unpaired) electrons. The van der Waals surface area contributed by atoms with E-state index in [4.69, 9.17) is 12.3 Å². The van der Waals surface area contributed by atoms with Crippen LogP contribution < -0.4 is 46.7 Å². The van der Waals surface area contributed by atoms with E-state index in [0.717, 1.165) is 42.4 Å². The monoisotopic (exact) mass is 895 g/mol. The number of rotatable bonds is 17. The summed E-state index contributed by atoms with van der Waals surface area (Å²) in [5.74, 6) is 0. The topological polar surface area (TPSA) is 27.7 Å². The Labute approximate surface area is 383 Å². The average Bonchev–Trinajstić information content (AvgIpc) is 3.39. The predicted octanol–water partition coefficient (Wildman–Crippen LogP) is 7.20. The van der Waals surface area contributed by atoms with E-state index in [1.807, 2.05) is 0 Å². The molecule has 0 amide bonds. The zero-order valence-corrected chi connectivity index (χ0v) is 39.8. The minimum absolute atomic E-state index is 0.673. The molecule has 0 aliphatic rings. The summed E-state index contributed by atoms with van der Waals surface area (Å²) in [7, 11) is -14.8. The zero-order valence-electron chi connectivity index (χ0n) is 35.8. The molecule has 0 bridgehead atoms. The Morgan fingerprint density at radius 3 is 0.719 bits per heavy atom. The normalized spacial score (nSPS) is 12.1. The van der Waals surface area contributed by atoms with E-state index in [0.29, 0.717) is 6.42 Å². The molecule has 0 unspecified atom stereocenters. The van der Waals surface area contributed by atoms with Gasteiger partial charge in [0.1, 0.15) is 0 Å². The van der Waals surface area contributed by atoms with Crippen molar-refractivity contribution in [2.24, 2.45) is 0 Å². The second kappa shape index (κ2) is 19.6. The molecule has 7 heteroatoms. The molecule has 9 aromatic carbocycles. The Hall–Kier alpha value is -6.27. The Kier molecular flexibility index (Phi) is 13.2. The fourth-order valence-corrected chi connectivity index (χ4v) is 31.1. The number of hydrogen-bond donors (Lipinski definition) is 0. The van der Waals surface area contributed by atoms with Crippen LogP contribution in [0.4, 0.5) is 0 Å². The highest BCUT2D eigenvalue weighted by Crippen LogP contribution is 2.29. The van der Waals surface area contributed by atoms with Crippen LogP contribution in [0.2, 0.25) is 6.04 Å². The average molecular weight is 896 g/mol. The van der Waals surface area contributed by atoms with Gasteiger partial charge < -0.3 is 12.3 Å². The van der Waals surface area contributed by atoms with Crippen molar-refractivity contribution in [3.63, 3.8) is 0 Å².